The van der Waals surface area contributed by atoms with Crippen LogP contribution in [0.15, 0.2) is 18.2 Å². The average Bonchev–Trinajstić information content (AvgIpc) is 2.79. The monoisotopic (exact) mass is 275 g/mol. The third kappa shape index (κ3) is 3.61. The van der Waals surface area contributed by atoms with Gasteiger partial charge in [-0.3, -0.25) is 4.90 Å². The number of hydrogen-bond acceptors (Lipinski definition) is 3. The fourth-order valence-corrected chi connectivity index (χ4v) is 2.38. The molecule has 1 N–H and O–H groups in total. The maximum atomic E-state index is 13.5. The van der Waals surface area contributed by atoms with E-state index in [1.807, 2.05) is 0 Å². The van der Waals surface area contributed by atoms with Crippen LogP contribution < -0.4 is 4.74 Å². The van der Waals surface area contributed by atoms with Crippen LogP contribution in [0.2, 0.25) is 0 Å². The first-order chi connectivity index (χ1) is 9.10. The second kappa shape index (κ2) is 6.25. The lowest BCUT2D eigenvalue weighted by Gasteiger charge is -2.22. The van der Waals surface area contributed by atoms with E-state index in [2.05, 4.69) is 9.64 Å². The molecule has 0 aromatic heterocycles. The molecule has 1 heterocycles. The Hall–Kier alpha value is -1.27. The Bertz CT molecular complexity index is 428. The summed E-state index contributed by atoms with van der Waals surface area (Å²) < 4.78 is 41.6. The first-order valence-corrected chi connectivity index (χ1v) is 6.18. The summed E-state index contributed by atoms with van der Waals surface area (Å²) in [5.74, 6) is -1.24. The average molecular weight is 275 g/mol. The van der Waals surface area contributed by atoms with E-state index in [1.54, 1.807) is 6.07 Å². The zero-order valence-electron chi connectivity index (χ0n) is 10.4. The summed E-state index contributed by atoms with van der Waals surface area (Å²) in [5.41, 5.74) is 0.680. The minimum Gasteiger partial charge on any atom is -0.432 e. The Balaban J connectivity index is 2.03. The van der Waals surface area contributed by atoms with E-state index in [9.17, 15) is 18.3 Å². The Morgan fingerprint density at radius 2 is 2.21 bits per heavy atom. The predicted octanol–water partition coefficient (Wildman–Crippen LogP) is 2.38. The minimum atomic E-state index is -3.03. The molecule has 1 saturated heterocycles. The lowest BCUT2D eigenvalue weighted by Crippen LogP contribution is -2.31. The highest BCUT2D eigenvalue weighted by Crippen LogP contribution is 2.24. The van der Waals surface area contributed by atoms with Crippen molar-refractivity contribution in [1.82, 2.24) is 4.90 Å². The van der Waals surface area contributed by atoms with E-state index in [0.717, 1.165) is 19.4 Å². The van der Waals surface area contributed by atoms with Gasteiger partial charge in [-0.25, -0.2) is 4.39 Å². The Morgan fingerprint density at radius 1 is 1.42 bits per heavy atom. The van der Waals surface area contributed by atoms with Crippen molar-refractivity contribution in [2.24, 2.45) is 0 Å². The van der Waals surface area contributed by atoms with Crippen molar-refractivity contribution in [3.8, 4) is 5.75 Å². The third-order valence-electron chi connectivity index (χ3n) is 3.31. The van der Waals surface area contributed by atoms with E-state index in [0.29, 0.717) is 12.1 Å². The van der Waals surface area contributed by atoms with Crippen molar-refractivity contribution in [3.63, 3.8) is 0 Å². The number of halogens is 3. The molecule has 3 nitrogen and oxygen atoms in total. The highest BCUT2D eigenvalue weighted by Gasteiger charge is 2.23. The quantitative estimate of drug-likeness (QED) is 0.895. The van der Waals surface area contributed by atoms with Crippen molar-refractivity contribution >= 4 is 0 Å². The van der Waals surface area contributed by atoms with Crippen LogP contribution in [-0.2, 0) is 6.54 Å². The number of alkyl halides is 2. The molecule has 1 aromatic rings. The number of benzene rings is 1. The smallest absolute Gasteiger partial charge is 0.387 e. The van der Waals surface area contributed by atoms with Crippen molar-refractivity contribution in [2.45, 2.75) is 32.0 Å². The molecule has 0 bridgehead atoms. The van der Waals surface area contributed by atoms with E-state index >= 15 is 0 Å². The standard InChI is InChI=1S/C13H16F3NO2/c14-11-6-9(3-4-12(11)19-13(15)16)7-17-5-1-2-10(17)8-18/h3-4,6,10,13,18H,1-2,5,7-8H2. The number of rotatable bonds is 5. The lowest BCUT2D eigenvalue weighted by atomic mass is 10.1. The normalized spacial score (nSPS) is 20.2. The molecule has 106 valence electrons. The van der Waals surface area contributed by atoms with Crippen LogP contribution in [0.4, 0.5) is 13.2 Å². The van der Waals surface area contributed by atoms with Gasteiger partial charge in [-0.1, -0.05) is 6.07 Å². The number of nitrogens with zero attached hydrogens (tertiary/aromatic N) is 1. The molecule has 1 fully saturated rings. The first-order valence-electron chi connectivity index (χ1n) is 6.18. The maximum Gasteiger partial charge on any atom is 0.387 e. The molecule has 2 rings (SSSR count). The van der Waals surface area contributed by atoms with Crippen molar-refractivity contribution < 1.29 is 23.0 Å². The summed E-state index contributed by atoms with van der Waals surface area (Å²) in [7, 11) is 0. The van der Waals surface area contributed by atoms with Gasteiger partial charge < -0.3 is 9.84 Å². The van der Waals surface area contributed by atoms with Crippen LogP contribution in [0.25, 0.3) is 0 Å². The van der Waals surface area contributed by atoms with Gasteiger partial charge in [-0.05, 0) is 37.1 Å². The lowest BCUT2D eigenvalue weighted by molar-refractivity contribution is -0.0522. The minimum absolute atomic E-state index is 0.0784. The molecule has 1 aliphatic heterocycles. The molecule has 1 aromatic carbocycles. The number of aliphatic hydroxyl groups is 1. The molecule has 0 aliphatic carbocycles. The number of aliphatic hydroxyl groups excluding tert-OH is 1. The molecule has 0 radical (unpaired) electrons. The van der Waals surface area contributed by atoms with Crippen molar-refractivity contribution in [1.29, 1.82) is 0 Å². The summed E-state index contributed by atoms with van der Waals surface area (Å²) in [6, 6.07) is 4.07. The molecule has 1 atom stereocenters. The molecule has 0 amide bonds. The molecule has 0 saturated carbocycles. The summed E-state index contributed by atoms with van der Waals surface area (Å²) in [6.45, 7) is -1.61. The van der Waals surface area contributed by atoms with Gasteiger partial charge in [0.25, 0.3) is 0 Å². The number of likely N-dealkylation sites (tertiary alicyclic amines) is 1. The van der Waals surface area contributed by atoms with E-state index in [1.165, 1.54) is 12.1 Å². The van der Waals surface area contributed by atoms with Crippen LogP contribution in [0, 0.1) is 5.82 Å². The highest BCUT2D eigenvalue weighted by atomic mass is 19.3. The van der Waals surface area contributed by atoms with Gasteiger partial charge >= 0.3 is 6.61 Å². The van der Waals surface area contributed by atoms with Crippen LogP contribution in [0.3, 0.4) is 0 Å². The highest BCUT2D eigenvalue weighted by molar-refractivity contribution is 5.29. The fourth-order valence-electron chi connectivity index (χ4n) is 2.38. The van der Waals surface area contributed by atoms with Crippen LogP contribution in [0.1, 0.15) is 18.4 Å². The van der Waals surface area contributed by atoms with Gasteiger partial charge in [-0.15, -0.1) is 0 Å². The van der Waals surface area contributed by atoms with Gasteiger partial charge in [0, 0.05) is 12.6 Å². The Labute approximate surface area is 109 Å². The summed E-state index contributed by atoms with van der Waals surface area (Å²) in [5, 5.41) is 9.19. The zero-order chi connectivity index (χ0) is 13.8. The maximum absolute atomic E-state index is 13.5. The van der Waals surface area contributed by atoms with Crippen molar-refractivity contribution in [2.75, 3.05) is 13.2 Å². The van der Waals surface area contributed by atoms with E-state index < -0.39 is 18.2 Å². The van der Waals surface area contributed by atoms with Crippen molar-refractivity contribution in [3.05, 3.63) is 29.6 Å². The SMILES string of the molecule is OCC1CCCN1Cc1ccc(OC(F)F)c(F)c1. The molecule has 0 spiro atoms. The van der Waals surface area contributed by atoms with E-state index in [4.69, 9.17) is 0 Å². The second-order valence-electron chi connectivity index (χ2n) is 4.59. The molecule has 6 heteroatoms. The fraction of sp³-hybridized carbons (Fsp3) is 0.538. The Morgan fingerprint density at radius 3 is 2.84 bits per heavy atom. The van der Waals surface area contributed by atoms with Crippen LogP contribution in [-0.4, -0.2) is 35.8 Å². The topological polar surface area (TPSA) is 32.7 Å². The summed E-state index contributed by atoms with van der Waals surface area (Å²) >= 11 is 0. The third-order valence-corrected chi connectivity index (χ3v) is 3.31. The van der Waals surface area contributed by atoms with Gasteiger partial charge in [0.15, 0.2) is 11.6 Å². The largest absolute Gasteiger partial charge is 0.432 e. The molecule has 1 aliphatic rings. The number of ether oxygens (including phenoxy) is 1. The molecule has 19 heavy (non-hydrogen) atoms. The van der Waals surface area contributed by atoms with Gasteiger partial charge in [-0.2, -0.15) is 8.78 Å². The van der Waals surface area contributed by atoms with Gasteiger partial charge in [0.1, 0.15) is 0 Å². The van der Waals surface area contributed by atoms with Crippen LogP contribution in [0.5, 0.6) is 5.75 Å². The second-order valence-corrected chi connectivity index (χ2v) is 4.59. The van der Waals surface area contributed by atoms with Crippen LogP contribution >= 0.6 is 0 Å². The molecular weight excluding hydrogens is 259 g/mol. The zero-order valence-corrected chi connectivity index (χ0v) is 10.4. The Kier molecular flexibility index (Phi) is 4.66. The van der Waals surface area contributed by atoms with Gasteiger partial charge in [0.05, 0.1) is 6.61 Å². The summed E-state index contributed by atoms with van der Waals surface area (Å²) in [4.78, 5) is 2.06. The van der Waals surface area contributed by atoms with Gasteiger partial charge in [0.2, 0.25) is 0 Å². The predicted molar refractivity (Wildman–Crippen MR) is 63.5 cm³/mol. The summed E-state index contributed by atoms with van der Waals surface area (Å²) in [6.07, 6.45) is 1.92. The first kappa shape index (κ1) is 14.1. The molecular formula is C13H16F3NO2. The molecule has 1 unspecified atom stereocenters. The number of hydrogen-bond donors (Lipinski definition) is 1. The van der Waals surface area contributed by atoms with E-state index in [-0.39, 0.29) is 12.6 Å².